The quantitative estimate of drug-likeness (QED) is 0.250. The largest absolute Gasteiger partial charge is 0.494 e. The molecule has 0 unspecified atom stereocenters. The Morgan fingerprint density at radius 1 is 0.750 bits per heavy atom. The first-order valence-electron chi connectivity index (χ1n) is 7.82. The minimum absolute atomic E-state index is 0.850. The minimum atomic E-state index is 0.850. The van der Waals surface area contributed by atoms with Crippen LogP contribution in [0.4, 0.5) is 0 Å². The summed E-state index contributed by atoms with van der Waals surface area (Å²) in [5, 5.41) is 0. The molecule has 0 aliphatic carbocycles. The summed E-state index contributed by atoms with van der Waals surface area (Å²) in [6.07, 6.45) is 12.0. The Bertz CT molecular complexity index is 326. The average Bonchev–Trinajstić information content (AvgIpc) is 2.47. The molecular weight excluding hydrogens is 379 g/mol. The maximum atomic E-state index is 5.72. The normalized spacial score (nSPS) is 10.7. The molecule has 0 aliphatic rings. The van der Waals surface area contributed by atoms with Crippen molar-refractivity contribution in [3.05, 3.63) is 27.8 Å². The van der Waals surface area contributed by atoms with Crippen molar-refractivity contribution in [2.45, 2.75) is 57.8 Å². The van der Waals surface area contributed by atoms with E-state index in [1.54, 1.807) is 0 Å². The number of hydrogen-bond acceptors (Lipinski definition) is 2. The first-order valence-corrected chi connectivity index (χ1v) is 9.53. The third-order valence-corrected chi connectivity index (χ3v) is 4.42. The van der Waals surface area contributed by atoms with E-state index in [0.717, 1.165) is 18.1 Å². The molecule has 1 aromatic rings. The van der Waals surface area contributed by atoms with Gasteiger partial charge in [0.1, 0.15) is 5.75 Å². The number of thiol groups is 1. The summed E-state index contributed by atoms with van der Waals surface area (Å²) >= 11 is 6.54. The Labute approximate surface area is 143 Å². The molecule has 0 aromatic heterocycles. The summed E-state index contributed by atoms with van der Waals surface area (Å²) in [4.78, 5) is 0. The lowest BCUT2D eigenvalue weighted by Crippen LogP contribution is -1.97. The molecule has 1 aromatic carbocycles. The Morgan fingerprint density at radius 3 is 1.80 bits per heavy atom. The van der Waals surface area contributed by atoms with Gasteiger partial charge in [-0.15, -0.1) is 0 Å². The predicted octanol–water partition coefficient (Wildman–Crippen LogP) is 6.11. The zero-order valence-electron chi connectivity index (χ0n) is 12.3. The molecule has 0 radical (unpaired) electrons. The van der Waals surface area contributed by atoms with Crippen LogP contribution in [-0.4, -0.2) is 12.4 Å². The second kappa shape index (κ2) is 12.8. The van der Waals surface area contributed by atoms with E-state index in [-0.39, 0.29) is 0 Å². The fraction of sp³-hybridized carbons (Fsp3) is 0.647. The molecule has 20 heavy (non-hydrogen) atoms. The van der Waals surface area contributed by atoms with Crippen LogP contribution in [0.5, 0.6) is 5.75 Å². The number of benzene rings is 1. The number of rotatable bonds is 12. The number of ether oxygens (including phenoxy) is 1. The molecule has 0 saturated heterocycles. The van der Waals surface area contributed by atoms with E-state index in [1.807, 2.05) is 12.1 Å². The molecule has 114 valence electrons. The Hall–Kier alpha value is 0.1000. The first-order chi connectivity index (χ1) is 9.83. The van der Waals surface area contributed by atoms with Crippen LogP contribution < -0.4 is 4.74 Å². The van der Waals surface area contributed by atoms with Crippen LogP contribution in [0.15, 0.2) is 24.3 Å². The van der Waals surface area contributed by atoms with E-state index < -0.39 is 0 Å². The van der Waals surface area contributed by atoms with Crippen molar-refractivity contribution >= 4 is 35.2 Å². The topological polar surface area (TPSA) is 9.23 Å². The van der Waals surface area contributed by atoms with Crippen LogP contribution in [0.3, 0.4) is 0 Å². The third kappa shape index (κ3) is 9.92. The lowest BCUT2D eigenvalue weighted by Gasteiger charge is -2.06. The van der Waals surface area contributed by atoms with Gasteiger partial charge < -0.3 is 4.74 Å². The zero-order valence-corrected chi connectivity index (χ0v) is 15.4. The van der Waals surface area contributed by atoms with Crippen LogP contribution >= 0.6 is 35.2 Å². The van der Waals surface area contributed by atoms with Crippen molar-refractivity contribution < 1.29 is 4.74 Å². The van der Waals surface area contributed by atoms with Crippen molar-refractivity contribution in [1.29, 1.82) is 0 Å². The van der Waals surface area contributed by atoms with E-state index in [2.05, 4.69) is 47.4 Å². The van der Waals surface area contributed by atoms with Crippen molar-refractivity contribution in [3.63, 3.8) is 0 Å². The van der Waals surface area contributed by atoms with Crippen LogP contribution in [0, 0.1) is 3.57 Å². The zero-order chi connectivity index (χ0) is 14.5. The van der Waals surface area contributed by atoms with Crippen molar-refractivity contribution in [2.75, 3.05) is 12.4 Å². The SMILES string of the molecule is SCCCCCCCCCCCOc1ccc(I)cc1. The molecule has 1 rings (SSSR count). The van der Waals surface area contributed by atoms with Gasteiger partial charge in [0.15, 0.2) is 0 Å². The summed E-state index contributed by atoms with van der Waals surface area (Å²) < 4.78 is 6.98. The lowest BCUT2D eigenvalue weighted by atomic mass is 10.1. The number of halogens is 1. The first kappa shape index (κ1) is 18.1. The highest BCUT2D eigenvalue weighted by molar-refractivity contribution is 14.1. The van der Waals surface area contributed by atoms with Gasteiger partial charge in [-0.1, -0.05) is 44.9 Å². The Morgan fingerprint density at radius 2 is 1.25 bits per heavy atom. The average molecular weight is 406 g/mol. The Balaban J connectivity index is 1.84. The highest BCUT2D eigenvalue weighted by Crippen LogP contribution is 2.14. The van der Waals surface area contributed by atoms with Gasteiger partial charge in [0.25, 0.3) is 0 Å². The highest BCUT2D eigenvalue weighted by atomic mass is 127. The van der Waals surface area contributed by atoms with Gasteiger partial charge in [-0.05, 0) is 65.5 Å². The molecule has 0 fully saturated rings. The molecule has 0 atom stereocenters. The summed E-state index contributed by atoms with van der Waals surface area (Å²) in [6, 6.07) is 8.27. The minimum Gasteiger partial charge on any atom is -0.494 e. The smallest absolute Gasteiger partial charge is 0.119 e. The van der Waals surface area contributed by atoms with Gasteiger partial charge >= 0.3 is 0 Å². The van der Waals surface area contributed by atoms with Gasteiger partial charge in [0, 0.05) is 3.57 Å². The third-order valence-electron chi connectivity index (χ3n) is 3.38. The van der Waals surface area contributed by atoms with Crippen LogP contribution in [-0.2, 0) is 0 Å². The lowest BCUT2D eigenvalue weighted by molar-refractivity contribution is 0.304. The maximum Gasteiger partial charge on any atom is 0.119 e. The molecule has 0 amide bonds. The van der Waals surface area contributed by atoms with E-state index in [0.29, 0.717) is 0 Å². The van der Waals surface area contributed by atoms with Crippen LogP contribution in [0.1, 0.15) is 57.8 Å². The second-order valence-electron chi connectivity index (χ2n) is 5.21. The maximum absolute atomic E-state index is 5.72. The van der Waals surface area contributed by atoms with Crippen molar-refractivity contribution in [2.24, 2.45) is 0 Å². The molecule has 0 saturated carbocycles. The van der Waals surface area contributed by atoms with Gasteiger partial charge in [0.05, 0.1) is 6.61 Å². The summed E-state index contributed by atoms with van der Waals surface area (Å²) in [5.74, 6) is 2.04. The van der Waals surface area contributed by atoms with Crippen LogP contribution in [0.25, 0.3) is 0 Å². The monoisotopic (exact) mass is 406 g/mol. The Kier molecular flexibility index (Phi) is 11.6. The molecule has 1 nitrogen and oxygen atoms in total. The molecule has 0 bridgehead atoms. The van der Waals surface area contributed by atoms with Gasteiger partial charge in [-0.25, -0.2) is 0 Å². The molecule has 0 heterocycles. The van der Waals surface area contributed by atoms with E-state index >= 15 is 0 Å². The number of hydrogen-bond donors (Lipinski definition) is 1. The second-order valence-corrected chi connectivity index (χ2v) is 6.90. The van der Waals surface area contributed by atoms with Gasteiger partial charge in [-0.2, -0.15) is 12.6 Å². The fourth-order valence-electron chi connectivity index (χ4n) is 2.17. The fourth-order valence-corrected chi connectivity index (χ4v) is 2.76. The van der Waals surface area contributed by atoms with Gasteiger partial charge in [0.2, 0.25) is 0 Å². The van der Waals surface area contributed by atoms with E-state index in [9.17, 15) is 0 Å². The summed E-state index contributed by atoms with van der Waals surface area (Å²) in [7, 11) is 0. The predicted molar refractivity (Wildman–Crippen MR) is 100 cm³/mol. The molecule has 0 N–H and O–H groups in total. The standard InChI is InChI=1S/C17H27IOS/c18-16-10-12-17(13-11-16)19-14-8-6-4-2-1-3-5-7-9-15-20/h10-13,20H,1-9,14-15H2. The van der Waals surface area contributed by atoms with E-state index in [4.69, 9.17) is 4.74 Å². The van der Waals surface area contributed by atoms with E-state index in [1.165, 1.54) is 61.4 Å². The molecule has 0 spiro atoms. The summed E-state index contributed by atoms with van der Waals surface area (Å²) in [6.45, 7) is 0.850. The van der Waals surface area contributed by atoms with Crippen molar-refractivity contribution in [3.8, 4) is 5.75 Å². The highest BCUT2D eigenvalue weighted by Gasteiger charge is 1.95. The summed E-state index contributed by atoms with van der Waals surface area (Å²) in [5.41, 5.74) is 0. The molecule has 3 heteroatoms. The number of unbranched alkanes of at least 4 members (excludes halogenated alkanes) is 8. The molecular formula is C17H27IOS. The van der Waals surface area contributed by atoms with Gasteiger partial charge in [-0.3, -0.25) is 0 Å². The van der Waals surface area contributed by atoms with Crippen molar-refractivity contribution in [1.82, 2.24) is 0 Å². The van der Waals surface area contributed by atoms with Crippen LogP contribution in [0.2, 0.25) is 0 Å². The molecule has 0 aliphatic heterocycles.